The molecule has 0 saturated carbocycles. The van der Waals surface area contributed by atoms with E-state index in [0.29, 0.717) is 16.9 Å². The number of rotatable bonds is 5. The van der Waals surface area contributed by atoms with E-state index < -0.39 is 18.1 Å². The summed E-state index contributed by atoms with van der Waals surface area (Å²) < 4.78 is 14.1. The van der Waals surface area contributed by atoms with Gasteiger partial charge in [0, 0.05) is 29.3 Å². The van der Waals surface area contributed by atoms with E-state index in [0.717, 1.165) is 0 Å². The molecule has 1 aliphatic rings. The molecule has 0 saturated heterocycles. The zero-order valence-electron chi connectivity index (χ0n) is 18.1. The fourth-order valence-electron chi connectivity index (χ4n) is 3.70. The van der Waals surface area contributed by atoms with Crippen molar-refractivity contribution >= 4 is 46.6 Å². The number of hydrogen-bond acceptors (Lipinski definition) is 6. The summed E-state index contributed by atoms with van der Waals surface area (Å²) >= 11 is 0. The van der Waals surface area contributed by atoms with E-state index in [1.807, 2.05) is 30.3 Å². The Balaban J connectivity index is 1.60. The molecule has 3 amide bonds. The van der Waals surface area contributed by atoms with Crippen LogP contribution in [0.5, 0.6) is 0 Å². The van der Waals surface area contributed by atoms with Gasteiger partial charge >= 0.3 is 12.1 Å². The number of urea groups is 1. The molecule has 10 nitrogen and oxygen atoms in total. The topological polar surface area (TPSA) is 124 Å². The second-order valence-electron chi connectivity index (χ2n) is 7.53. The van der Waals surface area contributed by atoms with Crippen LogP contribution in [0.3, 0.4) is 0 Å². The van der Waals surface area contributed by atoms with Crippen LogP contribution in [0.15, 0.2) is 79.1 Å². The van der Waals surface area contributed by atoms with Crippen LogP contribution in [0.25, 0.3) is 0 Å². The van der Waals surface area contributed by atoms with Crippen LogP contribution in [0.2, 0.25) is 0 Å². The molecular weight excluding hydrogens is 453 g/mol. The van der Waals surface area contributed by atoms with Gasteiger partial charge in [-0.15, -0.1) is 0 Å². The summed E-state index contributed by atoms with van der Waals surface area (Å²) in [6.07, 6.45) is 1.66. The Morgan fingerprint density at radius 3 is 2.57 bits per heavy atom. The minimum atomic E-state index is -1.23. The van der Waals surface area contributed by atoms with Crippen molar-refractivity contribution < 1.29 is 19.1 Å². The number of carboxylic acid groups (broad SMARTS) is 1. The van der Waals surface area contributed by atoms with Gasteiger partial charge in [-0.3, -0.25) is 10.2 Å². The summed E-state index contributed by atoms with van der Waals surface area (Å²) in [6.45, 7) is 0.212. The third kappa shape index (κ3) is 4.42. The van der Waals surface area contributed by atoms with Crippen LogP contribution < -0.4 is 20.4 Å². The third-order valence-corrected chi connectivity index (χ3v) is 5.23. The number of benzene rings is 2. The number of aromatic nitrogens is 3. The van der Waals surface area contributed by atoms with Crippen LogP contribution in [-0.2, 0) is 6.54 Å². The molecule has 2 aromatic carbocycles. The summed E-state index contributed by atoms with van der Waals surface area (Å²) in [4.78, 5) is 40.2. The number of para-hydroxylation sites is 1. The van der Waals surface area contributed by atoms with Gasteiger partial charge in [0.15, 0.2) is 5.82 Å². The molecule has 0 fully saturated rings. The highest BCUT2D eigenvalue weighted by atomic mass is 19.1. The molecule has 3 N–H and O–H groups in total. The smallest absolute Gasteiger partial charge is 0.409 e. The van der Waals surface area contributed by atoms with Gasteiger partial charge in [0.25, 0.3) is 0 Å². The summed E-state index contributed by atoms with van der Waals surface area (Å²) in [5, 5.41) is 14.2. The first-order valence-electron chi connectivity index (χ1n) is 10.5. The van der Waals surface area contributed by atoms with Crippen molar-refractivity contribution in [3.05, 3.63) is 90.6 Å². The molecule has 0 atom stereocenters. The summed E-state index contributed by atoms with van der Waals surface area (Å²) in [5.41, 5.74) is 2.07. The molecule has 174 valence electrons. The molecular formula is C24H18FN7O3. The number of hydrogen-bond donors (Lipinski definition) is 3. The van der Waals surface area contributed by atoms with Gasteiger partial charge in [-0.05, 0) is 42.5 Å². The number of nitrogens with one attached hydrogen (secondary N) is 2. The van der Waals surface area contributed by atoms with E-state index >= 15 is 0 Å². The maximum absolute atomic E-state index is 14.1. The van der Waals surface area contributed by atoms with Crippen LogP contribution in [-0.4, -0.2) is 32.2 Å². The maximum Gasteiger partial charge on any atom is 0.409 e. The molecule has 0 radical (unpaired) electrons. The van der Waals surface area contributed by atoms with Gasteiger partial charge in [-0.1, -0.05) is 24.3 Å². The van der Waals surface area contributed by atoms with E-state index in [2.05, 4.69) is 25.6 Å². The fraction of sp³-hybridized carbons (Fsp3) is 0.0417. The normalized spacial score (nSPS) is 12.8. The Morgan fingerprint density at radius 1 is 1.00 bits per heavy atom. The predicted molar refractivity (Wildman–Crippen MR) is 128 cm³/mol. The molecule has 3 heterocycles. The Bertz CT molecular complexity index is 1420. The lowest BCUT2D eigenvalue weighted by Crippen LogP contribution is -2.45. The number of nitrogens with zero attached hydrogens (tertiary/aromatic N) is 5. The Kier molecular flexibility index (Phi) is 5.63. The highest BCUT2D eigenvalue weighted by Crippen LogP contribution is 2.37. The highest BCUT2D eigenvalue weighted by molar-refractivity contribution is 6.10. The Labute approximate surface area is 198 Å². The first kappa shape index (κ1) is 21.8. The number of carbonyl (C=O) groups excluding carboxylic acids is 1. The van der Waals surface area contributed by atoms with Crippen molar-refractivity contribution in [1.82, 2.24) is 15.0 Å². The molecule has 2 aromatic heterocycles. The standard InChI is InChI=1S/C24H18FN7O3/c25-20-19(10-5-11-26-20)29-22-27-13-15-14-31(17-7-2-1-3-8-17)24(35)32(21(15)30-22)18-9-4-6-16(12-18)28-23(33)34/h1-13,28H,14H2,(H,33,34)(H,27,29,30). The first-order chi connectivity index (χ1) is 17.0. The van der Waals surface area contributed by atoms with Gasteiger partial charge in [-0.25, -0.2) is 24.5 Å². The van der Waals surface area contributed by atoms with Crippen molar-refractivity contribution in [2.75, 3.05) is 20.4 Å². The van der Waals surface area contributed by atoms with Crippen LogP contribution in [0.1, 0.15) is 5.56 Å². The lowest BCUT2D eigenvalue weighted by Gasteiger charge is -2.36. The molecule has 0 aliphatic carbocycles. The van der Waals surface area contributed by atoms with Gasteiger partial charge in [-0.2, -0.15) is 9.37 Å². The van der Waals surface area contributed by atoms with Crippen molar-refractivity contribution in [1.29, 1.82) is 0 Å². The Morgan fingerprint density at radius 2 is 1.80 bits per heavy atom. The average molecular weight is 471 g/mol. The Hall–Kier alpha value is -5.06. The van der Waals surface area contributed by atoms with Crippen molar-refractivity contribution in [2.24, 2.45) is 0 Å². The molecule has 0 bridgehead atoms. The first-order valence-corrected chi connectivity index (χ1v) is 10.5. The molecule has 0 unspecified atom stereocenters. The zero-order chi connectivity index (χ0) is 24.4. The number of pyridine rings is 1. The molecule has 0 spiro atoms. The van der Waals surface area contributed by atoms with Gasteiger partial charge in [0.2, 0.25) is 11.9 Å². The van der Waals surface area contributed by atoms with Crippen LogP contribution >= 0.6 is 0 Å². The van der Waals surface area contributed by atoms with Crippen LogP contribution in [0.4, 0.5) is 48.5 Å². The highest BCUT2D eigenvalue weighted by Gasteiger charge is 2.34. The minimum Gasteiger partial charge on any atom is -0.465 e. The number of amides is 3. The third-order valence-electron chi connectivity index (χ3n) is 5.23. The second kappa shape index (κ2) is 9.06. The number of carbonyl (C=O) groups is 2. The lowest BCUT2D eigenvalue weighted by atomic mass is 10.1. The summed E-state index contributed by atoms with van der Waals surface area (Å²) in [5.74, 6) is -0.359. The van der Waals surface area contributed by atoms with Gasteiger partial charge in [0.1, 0.15) is 0 Å². The van der Waals surface area contributed by atoms with Crippen molar-refractivity contribution in [3.8, 4) is 0 Å². The quantitative estimate of drug-likeness (QED) is 0.345. The number of fused-ring (bicyclic) bond motifs is 1. The average Bonchev–Trinajstić information content (AvgIpc) is 2.85. The van der Waals surface area contributed by atoms with E-state index in [4.69, 9.17) is 5.11 Å². The predicted octanol–water partition coefficient (Wildman–Crippen LogP) is 5.12. The van der Waals surface area contributed by atoms with Crippen LogP contribution in [0, 0.1) is 5.95 Å². The second-order valence-corrected chi connectivity index (χ2v) is 7.53. The molecule has 4 aromatic rings. The number of anilines is 6. The molecule has 5 rings (SSSR count). The monoisotopic (exact) mass is 471 g/mol. The zero-order valence-corrected chi connectivity index (χ0v) is 18.1. The van der Waals surface area contributed by atoms with Crippen molar-refractivity contribution in [2.45, 2.75) is 6.54 Å². The van der Waals surface area contributed by atoms with Gasteiger partial charge < -0.3 is 10.4 Å². The van der Waals surface area contributed by atoms with Gasteiger partial charge in [0.05, 0.1) is 17.9 Å². The lowest BCUT2D eigenvalue weighted by molar-refractivity contribution is 0.209. The minimum absolute atomic E-state index is 0.0708. The van der Waals surface area contributed by atoms with E-state index in [-0.39, 0.29) is 29.7 Å². The maximum atomic E-state index is 14.1. The molecule has 35 heavy (non-hydrogen) atoms. The van der Waals surface area contributed by atoms with E-state index in [1.165, 1.54) is 23.2 Å². The largest absolute Gasteiger partial charge is 0.465 e. The number of halogens is 1. The SMILES string of the molecule is O=C(O)Nc1cccc(N2C(=O)N(c3ccccc3)Cc3cnc(Nc4cccnc4F)nc32)c1. The molecule has 1 aliphatic heterocycles. The fourth-order valence-corrected chi connectivity index (χ4v) is 3.70. The summed E-state index contributed by atoms with van der Waals surface area (Å²) in [7, 11) is 0. The van der Waals surface area contributed by atoms with E-state index in [9.17, 15) is 14.0 Å². The summed E-state index contributed by atoms with van der Waals surface area (Å²) in [6, 6.07) is 18.2. The van der Waals surface area contributed by atoms with Crippen molar-refractivity contribution in [3.63, 3.8) is 0 Å². The molecule has 11 heteroatoms. The van der Waals surface area contributed by atoms with E-state index in [1.54, 1.807) is 35.4 Å².